The lowest BCUT2D eigenvalue weighted by molar-refractivity contribution is -0.139. The van der Waals surface area contributed by atoms with Crippen LogP contribution in [0.25, 0.3) is 6.08 Å². The summed E-state index contributed by atoms with van der Waals surface area (Å²) in [5.41, 5.74) is 4.27. The molecule has 3 rings (SSSR count). The van der Waals surface area contributed by atoms with E-state index in [4.69, 9.17) is 9.15 Å². The number of furan rings is 1. The topological polar surface area (TPSA) is 39.4 Å². The Morgan fingerprint density at radius 3 is 2.83 bits per heavy atom. The first-order chi connectivity index (χ1) is 10.9. The van der Waals surface area contributed by atoms with Crippen LogP contribution in [0.15, 0.2) is 39.9 Å². The summed E-state index contributed by atoms with van der Waals surface area (Å²) in [5.74, 6) is 2.06. The third kappa shape index (κ3) is 3.49. The molecule has 0 aliphatic carbocycles. The molecule has 4 bridgehead atoms. The third-order valence-corrected chi connectivity index (χ3v) is 4.75. The van der Waals surface area contributed by atoms with Gasteiger partial charge in [-0.2, -0.15) is 0 Å². The van der Waals surface area contributed by atoms with Crippen LogP contribution < -0.4 is 0 Å². The Morgan fingerprint density at radius 2 is 2.09 bits per heavy atom. The third-order valence-electron chi connectivity index (χ3n) is 4.75. The molecule has 0 fully saturated rings. The van der Waals surface area contributed by atoms with Crippen LogP contribution in [0.5, 0.6) is 0 Å². The van der Waals surface area contributed by atoms with Gasteiger partial charge in [0.2, 0.25) is 0 Å². The minimum Gasteiger partial charge on any atom is -0.461 e. The Morgan fingerprint density at radius 1 is 1.30 bits per heavy atom. The zero-order chi connectivity index (χ0) is 16.6. The lowest BCUT2D eigenvalue weighted by atomic mass is 9.89. The van der Waals surface area contributed by atoms with Gasteiger partial charge in [-0.1, -0.05) is 17.7 Å². The second-order valence-electron chi connectivity index (χ2n) is 6.87. The van der Waals surface area contributed by atoms with E-state index in [-0.39, 0.29) is 12.1 Å². The van der Waals surface area contributed by atoms with Gasteiger partial charge in [0.1, 0.15) is 17.6 Å². The van der Waals surface area contributed by atoms with E-state index in [1.807, 2.05) is 19.1 Å². The molecular weight excluding hydrogens is 288 g/mol. The Labute approximate surface area is 137 Å². The fourth-order valence-corrected chi connectivity index (χ4v) is 3.34. The van der Waals surface area contributed by atoms with Crippen LogP contribution in [-0.4, -0.2) is 12.1 Å². The van der Waals surface area contributed by atoms with Crippen molar-refractivity contribution in [1.29, 1.82) is 0 Å². The van der Waals surface area contributed by atoms with E-state index in [1.165, 1.54) is 5.56 Å². The number of allylic oxidation sites excluding steroid dienone is 1. The van der Waals surface area contributed by atoms with Crippen LogP contribution in [0.1, 0.15) is 50.2 Å². The van der Waals surface area contributed by atoms with Crippen molar-refractivity contribution in [2.24, 2.45) is 5.92 Å². The predicted octanol–water partition coefficient (Wildman–Crippen LogP) is 4.76. The average Bonchev–Trinajstić information content (AvgIpc) is 2.97. The lowest BCUT2D eigenvalue weighted by Gasteiger charge is -2.16. The molecule has 3 nitrogen and oxygen atoms in total. The fraction of sp³-hybridized carbons (Fsp3) is 0.450. The van der Waals surface area contributed by atoms with Crippen LogP contribution in [0, 0.1) is 12.8 Å². The molecule has 0 aromatic carbocycles. The molecule has 23 heavy (non-hydrogen) atoms. The Balaban J connectivity index is 1.96. The highest BCUT2D eigenvalue weighted by Gasteiger charge is 2.27. The van der Waals surface area contributed by atoms with Gasteiger partial charge in [-0.15, -0.1) is 0 Å². The second kappa shape index (κ2) is 6.23. The number of carbonyl (C=O) groups is 1. The summed E-state index contributed by atoms with van der Waals surface area (Å²) < 4.78 is 11.5. The molecule has 2 aliphatic heterocycles. The molecule has 3 heteroatoms. The molecule has 1 aromatic heterocycles. The van der Waals surface area contributed by atoms with Gasteiger partial charge in [0.05, 0.1) is 0 Å². The molecule has 2 unspecified atom stereocenters. The predicted molar refractivity (Wildman–Crippen MR) is 90.9 cm³/mol. The highest BCUT2D eigenvalue weighted by atomic mass is 16.5. The summed E-state index contributed by atoms with van der Waals surface area (Å²) in [6, 6.07) is 2.09. The molecular formula is C20H24O3. The summed E-state index contributed by atoms with van der Waals surface area (Å²) in [6.45, 7) is 10.3. The van der Waals surface area contributed by atoms with Gasteiger partial charge in [-0.25, -0.2) is 4.79 Å². The van der Waals surface area contributed by atoms with E-state index in [1.54, 1.807) is 0 Å². The van der Waals surface area contributed by atoms with Gasteiger partial charge in [-0.3, -0.25) is 0 Å². The molecule has 0 N–H and O–H groups in total. The number of ether oxygens (including phenoxy) is 1. The first-order valence-corrected chi connectivity index (χ1v) is 8.26. The van der Waals surface area contributed by atoms with E-state index in [9.17, 15) is 4.79 Å². The van der Waals surface area contributed by atoms with Gasteiger partial charge < -0.3 is 9.15 Å². The number of rotatable bonds is 1. The molecule has 0 spiro atoms. The maximum atomic E-state index is 12.0. The number of esters is 1. The first kappa shape index (κ1) is 15.9. The molecule has 3 heterocycles. The van der Waals surface area contributed by atoms with Gasteiger partial charge in [0.15, 0.2) is 0 Å². The van der Waals surface area contributed by atoms with E-state index >= 15 is 0 Å². The minimum atomic E-state index is -0.158. The molecule has 122 valence electrons. The highest BCUT2D eigenvalue weighted by Crippen LogP contribution is 2.31. The van der Waals surface area contributed by atoms with Crippen LogP contribution in [0.2, 0.25) is 0 Å². The van der Waals surface area contributed by atoms with Crippen LogP contribution in [0.3, 0.4) is 0 Å². The Hall–Kier alpha value is -2.03. The highest BCUT2D eigenvalue weighted by molar-refractivity contribution is 5.90. The minimum absolute atomic E-state index is 0.145. The lowest BCUT2D eigenvalue weighted by Crippen LogP contribution is -2.10. The second-order valence-corrected chi connectivity index (χ2v) is 6.87. The normalized spacial score (nSPS) is 24.7. The number of hydrogen-bond acceptors (Lipinski definition) is 3. The van der Waals surface area contributed by atoms with Crippen molar-refractivity contribution in [3.63, 3.8) is 0 Å². The molecule has 0 saturated heterocycles. The van der Waals surface area contributed by atoms with Crippen molar-refractivity contribution in [1.82, 2.24) is 0 Å². The van der Waals surface area contributed by atoms with Crippen molar-refractivity contribution in [2.75, 3.05) is 0 Å². The summed E-state index contributed by atoms with van der Waals surface area (Å²) in [5, 5.41) is 0. The van der Waals surface area contributed by atoms with Crippen LogP contribution >= 0.6 is 0 Å². The summed E-state index contributed by atoms with van der Waals surface area (Å²) >= 11 is 0. The molecule has 1 aromatic rings. The summed E-state index contributed by atoms with van der Waals surface area (Å²) in [6.07, 6.45) is 7.07. The number of hydrogen-bond donors (Lipinski definition) is 0. The molecule has 0 radical (unpaired) electrons. The van der Waals surface area contributed by atoms with E-state index in [0.29, 0.717) is 12.3 Å². The van der Waals surface area contributed by atoms with Gasteiger partial charge in [0.25, 0.3) is 0 Å². The van der Waals surface area contributed by atoms with E-state index in [0.717, 1.165) is 47.5 Å². The first-order valence-electron chi connectivity index (χ1n) is 8.26. The van der Waals surface area contributed by atoms with Crippen LogP contribution in [0.4, 0.5) is 0 Å². The number of fused-ring (bicyclic) bond motifs is 3. The Kier molecular flexibility index (Phi) is 4.29. The number of aryl methyl sites for hydroxylation is 1. The Bertz CT molecular complexity index is 702. The SMILES string of the molecule is C=C(C)C1CCC2=CC(CC(C)=Cc3cc(C)c(o3)C1)OC2=O. The quantitative estimate of drug-likeness (QED) is 0.554. The smallest absolute Gasteiger partial charge is 0.334 e. The standard InChI is InChI=1S/C20H24O3/c1-12(2)15-5-6-16-10-18(23-20(16)21)8-13(3)7-17-9-14(4)19(11-15)22-17/h7,9-10,15,18H,1,5-6,8,11H2,2-4H3. The van der Waals surface area contributed by atoms with Crippen molar-refractivity contribution >= 4 is 12.0 Å². The number of carbonyl (C=O) groups excluding carboxylic acids is 1. The van der Waals surface area contributed by atoms with Crippen molar-refractivity contribution in [3.05, 3.63) is 52.5 Å². The van der Waals surface area contributed by atoms with E-state index < -0.39 is 0 Å². The largest absolute Gasteiger partial charge is 0.461 e. The van der Waals surface area contributed by atoms with E-state index in [2.05, 4.69) is 26.5 Å². The van der Waals surface area contributed by atoms with Crippen molar-refractivity contribution in [2.45, 2.75) is 52.6 Å². The molecule has 2 aliphatic rings. The zero-order valence-electron chi connectivity index (χ0n) is 14.1. The summed E-state index contributed by atoms with van der Waals surface area (Å²) in [7, 11) is 0. The molecule has 0 amide bonds. The molecule has 0 saturated carbocycles. The van der Waals surface area contributed by atoms with Crippen molar-refractivity contribution in [3.8, 4) is 0 Å². The van der Waals surface area contributed by atoms with Crippen molar-refractivity contribution < 1.29 is 13.9 Å². The zero-order valence-corrected chi connectivity index (χ0v) is 14.1. The van der Waals surface area contributed by atoms with Gasteiger partial charge >= 0.3 is 5.97 Å². The maximum absolute atomic E-state index is 12.0. The maximum Gasteiger partial charge on any atom is 0.334 e. The molecule has 2 atom stereocenters. The van der Waals surface area contributed by atoms with Gasteiger partial charge in [-0.05, 0) is 63.3 Å². The average molecular weight is 312 g/mol. The van der Waals surface area contributed by atoms with Crippen LogP contribution in [-0.2, 0) is 16.0 Å². The van der Waals surface area contributed by atoms with Gasteiger partial charge in [0, 0.05) is 18.4 Å². The monoisotopic (exact) mass is 312 g/mol. The summed E-state index contributed by atoms with van der Waals surface area (Å²) in [4.78, 5) is 12.0. The fourth-order valence-electron chi connectivity index (χ4n) is 3.34.